The smallest absolute Gasteiger partial charge is 0.0118 e. The van der Waals surface area contributed by atoms with Gasteiger partial charge in [0.1, 0.15) is 0 Å². The van der Waals surface area contributed by atoms with E-state index in [1.807, 2.05) is 0 Å². The number of rotatable bonds is 3. The Morgan fingerprint density at radius 2 is 1.92 bits per heavy atom. The molecule has 2 aliphatic rings. The summed E-state index contributed by atoms with van der Waals surface area (Å²) < 4.78 is 0. The van der Waals surface area contributed by atoms with Crippen LogP contribution in [0.2, 0.25) is 0 Å². The topological polar surface area (TPSA) is 12.0 Å². The minimum Gasteiger partial charge on any atom is -0.316 e. The monoisotopic (exact) mass is 181 g/mol. The number of hydrogen-bond acceptors (Lipinski definition) is 1. The number of nitrogens with one attached hydrogen (secondary N) is 1. The van der Waals surface area contributed by atoms with Crippen LogP contribution in [0.15, 0.2) is 0 Å². The molecule has 1 nitrogen and oxygen atoms in total. The van der Waals surface area contributed by atoms with Crippen molar-refractivity contribution in [1.82, 2.24) is 5.32 Å². The molecule has 0 aromatic carbocycles. The van der Waals surface area contributed by atoms with E-state index in [2.05, 4.69) is 26.2 Å². The highest BCUT2D eigenvalue weighted by Gasteiger charge is 2.43. The molecule has 2 saturated carbocycles. The van der Waals surface area contributed by atoms with Crippen LogP contribution in [0.4, 0.5) is 0 Å². The molecule has 2 aliphatic carbocycles. The molecule has 0 heterocycles. The van der Waals surface area contributed by atoms with Crippen LogP contribution in [0.1, 0.15) is 39.5 Å². The fraction of sp³-hybridized carbons (Fsp3) is 1.00. The largest absolute Gasteiger partial charge is 0.316 e. The van der Waals surface area contributed by atoms with Gasteiger partial charge in [0.2, 0.25) is 0 Å². The summed E-state index contributed by atoms with van der Waals surface area (Å²) in [5, 5.41) is 3.53. The van der Waals surface area contributed by atoms with Crippen LogP contribution in [0, 0.1) is 23.7 Å². The molecule has 0 aromatic heterocycles. The van der Waals surface area contributed by atoms with Gasteiger partial charge in [-0.3, -0.25) is 0 Å². The first-order valence-corrected chi connectivity index (χ1v) is 5.89. The van der Waals surface area contributed by atoms with Gasteiger partial charge in [-0.1, -0.05) is 20.3 Å². The van der Waals surface area contributed by atoms with Crippen molar-refractivity contribution in [3.63, 3.8) is 0 Å². The van der Waals surface area contributed by atoms with Crippen LogP contribution in [0.3, 0.4) is 0 Å². The summed E-state index contributed by atoms with van der Waals surface area (Å²) in [6, 6.07) is 0.773. The lowest BCUT2D eigenvalue weighted by Crippen LogP contribution is -2.40. The van der Waals surface area contributed by atoms with E-state index in [-0.39, 0.29) is 0 Å². The first-order valence-electron chi connectivity index (χ1n) is 5.89. The van der Waals surface area contributed by atoms with Crippen molar-refractivity contribution in [2.45, 2.75) is 45.6 Å². The maximum absolute atomic E-state index is 3.53. The van der Waals surface area contributed by atoms with Gasteiger partial charge in [-0.2, -0.15) is 0 Å². The Labute approximate surface area is 82.3 Å². The molecule has 0 saturated heterocycles. The third-order valence-electron chi connectivity index (χ3n) is 4.31. The molecule has 0 spiro atoms. The van der Waals surface area contributed by atoms with Crippen molar-refractivity contribution >= 4 is 0 Å². The number of fused-ring (bicyclic) bond motifs is 2. The molecule has 2 rings (SSSR count). The molecule has 0 aliphatic heterocycles. The van der Waals surface area contributed by atoms with E-state index >= 15 is 0 Å². The van der Waals surface area contributed by atoms with Crippen molar-refractivity contribution in [3.05, 3.63) is 0 Å². The zero-order valence-corrected chi connectivity index (χ0v) is 9.22. The van der Waals surface area contributed by atoms with E-state index in [1.54, 1.807) is 0 Å². The summed E-state index contributed by atoms with van der Waals surface area (Å²) in [6.45, 7) is 4.71. The first kappa shape index (κ1) is 9.51. The molecule has 2 bridgehead atoms. The number of hydrogen-bond donors (Lipinski definition) is 1. The molecule has 1 heteroatoms. The third-order valence-corrected chi connectivity index (χ3v) is 4.31. The van der Waals surface area contributed by atoms with E-state index in [9.17, 15) is 0 Å². The van der Waals surface area contributed by atoms with Crippen LogP contribution in [-0.2, 0) is 0 Å². The molecular formula is C12H23N. The minimum atomic E-state index is 0.773. The Morgan fingerprint density at radius 1 is 1.15 bits per heavy atom. The van der Waals surface area contributed by atoms with Crippen LogP contribution in [0.25, 0.3) is 0 Å². The highest BCUT2D eigenvalue weighted by molar-refractivity contribution is 4.95. The zero-order chi connectivity index (χ0) is 9.42. The third kappa shape index (κ3) is 1.63. The summed E-state index contributed by atoms with van der Waals surface area (Å²) in [7, 11) is 2.14. The highest BCUT2D eigenvalue weighted by Crippen LogP contribution is 2.50. The van der Waals surface area contributed by atoms with Gasteiger partial charge in [-0.15, -0.1) is 0 Å². The molecule has 0 amide bonds. The normalized spacial score (nSPS) is 40.2. The van der Waals surface area contributed by atoms with Crippen molar-refractivity contribution in [2.75, 3.05) is 7.05 Å². The lowest BCUT2D eigenvalue weighted by molar-refractivity contribution is 0.215. The summed E-state index contributed by atoms with van der Waals surface area (Å²) in [4.78, 5) is 0. The van der Waals surface area contributed by atoms with Gasteiger partial charge in [0.25, 0.3) is 0 Å². The Hall–Kier alpha value is -0.0400. The molecular weight excluding hydrogens is 158 g/mol. The average Bonchev–Trinajstić information content (AvgIpc) is 2.65. The highest BCUT2D eigenvalue weighted by atomic mass is 14.9. The maximum atomic E-state index is 3.53. The van der Waals surface area contributed by atoms with Gasteiger partial charge in [0.05, 0.1) is 0 Å². The lowest BCUT2D eigenvalue weighted by atomic mass is 9.79. The van der Waals surface area contributed by atoms with Crippen molar-refractivity contribution in [2.24, 2.45) is 23.7 Å². The summed E-state index contributed by atoms with van der Waals surface area (Å²) in [5.74, 6) is 3.94. The fourth-order valence-electron chi connectivity index (χ4n) is 3.78. The van der Waals surface area contributed by atoms with Gasteiger partial charge in [0.15, 0.2) is 0 Å². The second-order valence-corrected chi connectivity index (χ2v) is 5.40. The summed E-state index contributed by atoms with van der Waals surface area (Å²) >= 11 is 0. The lowest BCUT2D eigenvalue weighted by Gasteiger charge is -2.33. The van der Waals surface area contributed by atoms with Crippen LogP contribution >= 0.6 is 0 Å². The van der Waals surface area contributed by atoms with E-state index in [1.165, 1.54) is 25.7 Å². The zero-order valence-electron chi connectivity index (χ0n) is 9.22. The van der Waals surface area contributed by atoms with Gasteiger partial charge >= 0.3 is 0 Å². The maximum Gasteiger partial charge on any atom is 0.0118 e. The Bertz CT molecular complexity index is 176. The first-order chi connectivity index (χ1) is 6.22. The minimum absolute atomic E-state index is 0.773. The molecule has 0 aromatic rings. The van der Waals surface area contributed by atoms with Crippen molar-refractivity contribution < 1.29 is 0 Å². The van der Waals surface area contributed by atoms with E-state index in [0.29, 0.717) is 0 Å². The predicted molar refractivity (Wildman–Crippen MR) is 56.6 cm³/mol. The molecule has 76 valence electrons. The van der Waals surface area contributed by atoms with E-state index < -0.39 is 0 Å². The second-order valence-electron chi connectivity index (χ2n) is 5.40. The fourth-order valence-corrected chi connectivity index (χ4v) is 3.78. The van der Waals surface area contributed by atoms with Crippen LogP contribution < -0.4 is 5.32 Å². The van der Waals surface area contributed by atoms with Crippen molar-refractivity contribution in [1.29, 1.82) is 0 Å². The summed E-state index contributed by atoms with van der Waals surface area (Å²) in [5.41, 5.74) is 0. The second kappa shape index (κ2) is 3.61. The molecule has 2 fully saturated rings. The average molecular weight is 181 g/mol. The van der Waals surface area contributed by atoms with Crippen LogP contribution in [-0.4, -0.2) is 13.1 Å². The van der Waals surface area contributed by atoms with Crippen molar-refractivity contribution in [3.8, 4) is 0 Å². The van der Waals surface area contributed by atoms with Gasteiger partial charge in [-0.25, -0.2) is 0 Å². The predicted octanol–water partition coefficient (Wildman–Crippen LogP) is 2.67. The Morgan fingerprint density at radius 3 is 2.31 bits per heavy atom. The Kier molecular flexibility index (Phi) is 2.64. The van der Waals surface area contributed by atoms with Gasteiger partial charge < -0.3 is 5.32 Å². The molecule has 4 atom stereocenters. The quantitative estimate of drug-likeness (QED) is 0.706. The molecule has 13 heavy (non-hydrogen) atoms. The molecule has 4 unspecified atom stereocenters. The van der Waals surface area contributed by atoms with Crippen LogP contribution in [0.5, 0.6) is 0 Å². The standard InChI is InChI=1S/C12H23N/c1-8(2)12(13-3)11-7-9-4-5-10(11)6-9/h8-13H,4-7H2,1-3H3. The summed E-state index contributed by atoms with van der Waals surface area (Å²) in [6.07, 6.45) is 6.08. The van der Waals surface area contributed by atoms with E-state index in [0.717, 1.165) is 29.7 Å². The van der Waals surface area contributed by atoms with Gasteiger partial charge in [-0.05, 0) is 50.0 Å². The SMILES string of the molecule is CNC(C(C)C)C1CC2CCC1C2. The van der Waals surface area contributed by atoms with Gasteiger partial charge in [0, 0.05) is 6.04 Å². The van der Waals surface area contributed by atoms with E-state index in [4.69, 9.17) is 0 Å². The Balaban J connectivity index is 2.00. The molecule has 0 radical (unpaired) electrons. The molecule has 1 N–H and O–H groups in total.